The predicted molar refractivity (Wildman–Crippen MR) is 50.8 cm³/mol. The van der Waals surface area contributed by atoms with Crippen LogP contribution in [0.3, 0.4) is 0 Å². The lowest BCUT2D eigenvalue weighted by atomic mass is 9.89. The van der Waals surface area contributed by atoms with Gasteiger partial charge in [-0.3, -0.25) is 10.1 Å². The van der Waals surface area contributed by atoms with Crippen molar-refractivity contribution < 1.29 is 27.2 Å². The van der Waals surface area contributed by atoms with E-state index in [1.807, 2.05) is 0 Å². The predicted octanol–water partition coefficient (Wildman–Crippen LogP) is 1.42. The zero-order valence-corrected chi connectivity index (χ0v) is 8.64. The summed E-state index contributed by atoms with van der Waals surface area (Å²) in [7, 11) is 0. The largest absolute Gasteiger partial charge is 0.425 e. The van der Waals surface area contributed by atoms with Crippen LogP contribution in [0.25, 0.3) is 0 Å². The van der Waals surface area contributed by atoms with Crippen LogP contribution in [0.5, 0.6) is 0 Å². The quantitative estimate of drug-likeness (QED) is 0.594. The van der Waals surface area contributed by atoms with Crippen LogP contribution >= 0.6 is 0 Å². The first-order valence-corrected chi connectivity index (χ1v) is 4.74. The molecule has 0 radical (unpaired) electrons. The smallest absolute Gasteiger partial charge is 0.312 e. The van der Waals surface area contributed by atoms with Gasteiger partial charge in [0.05, 0.1) is 0 Å². The third-order valence-electron chi connectivity index (χ3n) is 2.55. The molecule has 0 aliphatic carbocycles. The molecular formula is C10H6F4N2O2. The number of rotatable bonds is 1. The second-order valence-electron chi connectivity index (χ2n) is 3.67. The van der Waals surface area contributed by atoms with E-state index in [1.165, 1.54) is 10.6 Å². The van der Waals surface area contributed by atoms with Crippen molar-refractivity contribution in [1.82, 2.24) is 10.6 Å². The Balaban J connectivity index is 2.64. The molecule has 1 fully saturated rings. The molecule has 0 bridgehead atoms. The summed E-state index contributed by atoms with van der Waals surface area (Å²) in [6.07, 6.45) is -5.09. The molecule has 96 valence electrons. The Morgan fingerprint density at radius 3 is 2.28 bits per heavy atom. The Morgan fingerprint density at radius 1 is 1.17 bits per heavy atom. The first-order chi connectivity index (χ1) is 8.27. The summed E-state index contributed by atoms with van der Waals surface area (Å²) < 4.78 is 52.2. The zero-order valence-electron chi connectivity index (χ0n) is 8.64. The normalized spacial score (nSPS) is 23.8. The van der Waals surface area contributed by atoms with E-state index in [-0.39, 0.29) is 0 Å². The van der Waals surface area contributed by atoms with E-state index in [0.717, 1.165) is 18.2 Å². The summed E-state index contributed by atoms with van der Waals surface area (Å²) in [6, 6.07) is 2.15. The lowest BCUT2D eigenvalue weighted by Gasteiger charge is -2.28. The van der Waals surface area contributed by atoms with Gasteiger partial charge in [0.1, 0.15) is 5.82 Å². The number of carbonyl (C=O) groups excluding carboxylic acids is 2. The summed E-state index contributed by atoms with van der Waals surface area (Å²) in [6.45, 7) is 0. The van der Waals surface area contributed by atoms with Gasteiger partial charge in [0.25, 0.3) is 5.91 Å². The number of amides is 3. The third kappa shape index (κ3) is 1.60. The number of imide groups is 1. The average molecular weight is 262 g/mol. The van der Waals surface area contributed by atoms with Crippen molar-refractivity contribution in [1.29, 1.82) is 0 Å². The van der Waals surface area contributed by atoms with Crippen molar-refractivity contribution in [3.05, 3.63) is 35.6 Å². The van der Waals surface area contributed by atoms with Crippen LogP contribution in [0.4, 0.5) is 22.4 Å². The Kier molecular flexibility index (Phi) is 2.53. The molecule has 8 heteroatoms. The maximum atomic E-state index is 13.1. The average Bonchev–Trinajstić information content (AvgIpc) is 2.54. The number of halogens is 4. The lowest BCUT2D eigenvalue weighted by molar-refractivity contribution is -0.195. The maximum Gasteiger partial charge on any atom is 0.425 e. The number of hydrogen-bond acceptors (Lipinski definition) is 2. The van der Waals surface area contributed by atoms with Crippen LogP contribution in [-0.2, 0) is 10.3 Å². The van der Waals surface area contributed by atoms with Gasteiger partial charge in [-0.2, -0.15) is 13.2 Å². The number of carbonyl (C=O) groups is 2. The minimum atomic E-state index is -5.09. The summed E-state index contributed by atoms with van der Waals surface area (Å²) >= 11 is 0. The molecular weight excluding hydrogens is 256 g/mol. The van der Waals surface area contributed by atoms with Gasteiger partial charge in [0, 0.05) is 0 Å². The van der Waals surface area contributed by atoms with E-state index in [4.69, 9.17) is 0 Å². The van der Waals surface area contributed by atoms with Gasteiger partial charge in [-0.25, -0.2) is 9.18 Å². The zero-order chi connectivity index (χ0) is 13.6. The van der Waals surface area contributed by atoms with E-state index < -0.39 is 35.0 Å². The maximum absolute atomic E-state index is 13.1. The van der Waals surface area contributed by atoms with Crippen LogP contribution in [0.15, 0.2) is 24.3 Å². The Bertz CT molecular complexity index is 529. The molecule has 0 spiro atoms. The molecule has 1 atom stereocenters. The van der Waals surface area contributed by atoms with E-state index in [1.54, 1.807) is 0 Å². The second kappa shape index (κ2) is 3.69. The molecule has 18 heavy (non-hydrogen) atoms. The molecule has 3 amide bonds. The second-order valence-corrected chi connectivity index (χ2v) is 3.67. The van der Waals surface area contributed by atoms with Crippen molar-refractivity contribution in [2.75, 3.05) is 0 Å². The highest BCUT2D eigenvalue weighted by Gasteiger charge is 2.66. The van der Waals surface area contributed by atoms with Crippen molar-refractivity contribution in [3.63, 3.8) is 0 Å². The summed E-state index contributed by atoms with van der Waals surface area (Å²) in [5.74, 6) is -2.52. The highest BCUT2D eigenvalue weighted by Crippen LogP contribution is 2.41. The van der Waals surface area contributed by atoms with Crippen LogP contribution in [-0.4, -0.2) is 18.1 Å². The standard InChI is InChI=1S/C10H6F4N2O2/c11-6-3-1-2-5(4-6)9(10(12,13)14)7(17)15-8(18)16-9/h1-4H,(H2,15,16,17,18). The molecule has 2 rings (SSSR count). The highest BCUT2D eigenvalue weighted by molar-refractivity contribution is 6.08. The Morgan fingerprint density at radius 2 is 1.83 bits per heavy atom. The van der Waals surface area contributed by atoms with Crippen molar-refractivity contribution in [2.45, 2.75) is 11.7 Å². The van der Waals surface area contributed by atoms with Crippen molar-refractivity contribution in [2.24, 2.45) is 0 Å². The minimum absolute atomic E-state index is 0.554. The molecule has 1 unspecified atom stereocenters. The van der Waals surface area contributed by atoms with Crippen LogP contribution < -0.4 is 10.6 Å². The monoisotopic (exact) mass is 262 g/mol. The van der Waals surface area contributed by atoms with Gasteiger partial charge in [0.15, 0.2) is 0 Å². The third-order valence-corrected chi connectivity index (χ3v) is 2.55. The van der Waals surface area contributed by atoms with E-state index >= 15 is 0 Å². The number of benzene rings is 1. The molecule has 0 saturated carbocycles. The molecule has 1 aromatic rings. The first kappa shape index (κ1) is 12.3. The number of nitrogens with one attached hydrogen (secondary N) is 2. The van der Waals surface area contributed by atoms with E-state index in [0.29, 0.717) is 6.07 Å². The molecule has 1 aliphatic heterocycles. The first-order valence-electron chi connectivity index (χ1n) is 4.74. The molecule has 2 N–H and O–H groups in total. The Hall–Kier alpha value is -2.12. The topological polar surface area (TPSA) is 58.2 Å². The molecule has 1 aliphatic rings. The summed E-state index contributed by atoms with van der Waals surface area (Å²) in [4.78, 5) is 22.4. The fourth-order valence-electron chi connectivity index (χ4n) is 1.74. The summed E-state index contributed by atoms with van der Waals surface area (Å²) in [5, 5.41) is 3.01. The molecule has 0 aromatic heterocycles. The van der Waals surface area contributed by atoms with Crippen molar-refractivity contribution in [3.8, 4) is 0 Å². The van der Waals surface area contributed by atoms with Gasteiger partial charge in [-0.1, -0.05) is 12.1 Å². The van der Waals surface area contributed by atoms with Gasteiger partial charge in [-0.15, -0.1) is 0 Å². The van der Waals surface area contributed by atoms with E-state index in [9.17, 15) is 27.2 Å². The lowest BCUT2D eigenvalue weighted by Crippen LogP contribution is -2.55. The SMILES string of the molecule is O=C1NC(=O)C(c2cccc(F)c2)(C(F)(F)F)N1. The van der Waals surface area contributed by atoms with Gasteiger partial charge >= 0.3 is 12.2 Å². The fraction of sp³-hybridized carbons (Fsp3) is 0.200. The minimum Gasteiger partial charge on any atom is -0.312 e. The molecule has 4 nitrogen and oxygen atoms in total. The number of alkyl halides is 3. The van der Waals surface area contributed by atoms with Crippen LogP contribution in [0.2, 0.25) is 0 Å². The van der Waals surface area contributed by atoms with Crippen molar-refractivity contribution >= 4 is 11.9 Å². The van der Waals surface area contributed by atoms with E-state index in [2.05, 4.69) is 0 Å². The number of urea groups is 1. The fourth-order valence-corrected chi connectivity index (χ4v) is 1.74. The Labute approximate surface area is 98.0 Å². The summed E-state index contributed by atoms with van der Waals surface area (Å²) in [5.41, 5.74) is -3.93. The molecule has 1 aromatic carbocycles. The highest BCUT2D eigenvalue weighted by atomic mass is 19.4. The van der Waals surface area contributed by atoms with Gasteiger partial charge in [-0.05, 0) is 17.7 Å². The van der Waals surface area contributed by atoms with Crippen LogP contribution in [0.1, 0.15) is 5.56 Å². The van der Waals surface area contributed by atoms with Gasteiger partial charge < -0.3 is 5.32 Å². The number of hydrogen-bond donors (Lipinski definition) is 2. The van der Waals surface area contributed by atoms with Crippen LogP contribution in [0, 0.1) is 5.82 Å². The van der Waals surface area contributed by atoms with Gasteiger partial charge in [0.2, 0.25) is 5.54 Å². The molecule has 1 saturated heterocycles. The molecule has 1 heterocycles.